The Morgan fingerprint density at radius 3 is 2.78 bits per heavy atom. The first-order valence-corrected chi connectivity index (χ1v) is 5.67. The third kappa shape index (κ3) is 2.98. The van der Waals surface area contributed by atoms with Crippen LogP contribution in [0.4, 0.5) is 14.5 Å². The highest BCUT2D eigenvalue weighted by atomic mass is 35.5. The first kappa shape index (κ1) is 12.8. The van der Waals surface area contributed by atoms with Gasteiger partial charge in [-0.2, -0.15) is 8.78 Å². The van der Waals surface area contributed by atoms with Gasteiger partial charge in [-0.3, -0.25) is 4.79 Å². The summed E-state index contributed by atoms with van der Waals surface area (Å²) in [7, 11) is 0. The van der Waals surface area contributed by atoms with Crippen molar-refractivity contribution in [3.8, 4) is 0 Å². The Bertz CT molecular complexity index is 634. The minimum atomic E-state index is -3.28. The average Bonchev–Trinajstić information content (AvgIpc) is 2.25. The predicted octanol–water partition coefficient (Wildman–Crippen LogP) is 3.08. The molecule has 0 fully saturated rings. The van der Waals surface area contributed by atoms with Crippen LogP contribution in [0.3, 0.4) is 0 Å². The van der Waals surface area contributed by atoms with Crippen molar-refractivity contribution in [1.29, 1.82) is 0 Å². The summed E-state index contributed by atoms with van der Waals surface area (Å²) in [6, 6.07) is 6.43. The van der Waals surface area contributed by atoms with Crippen LogP contribution in [0.2, 0.25) is 0 Å². The lowest BCUT2D eigenvalue weighted by molar-refractivity contribution is 0.111. The summed E-state index contributed by atoms with van der Waals surface area (Å²) in [5.41, 5.74) is 1.80. The van der Waals surface area contributed by atoms with Crippen LogP contribution in [0.1, 0.15) is 5.56 Å². The van der Waals surface area contributed by atoms with Gasteiger partial charge in [0.05, 0.1) is 6.54 Å². The average molecular weight is 273 g/mol. The Hall–Kier alpha value is -1.62. The monoisotopic (exact) mass is 272 g/mol. The summed E-state index contributed by atoms with van der Waals surface area (Å²) in [4.78, 5) is 13.9. The van der Waals surface area contributed by atoms with Crippen LogP contribution in [-0.4, -0.2) is 16.9 Å². The third-order valence-electron chi connectivity index (χ3n) is 2.54. The zero-order valence-electron chi connectivity index (χ0n) is 9.56. The van der Waals surface area contributed by atoms with Gasteiger partial charge < -0.3 is 10.3 Å². The first-order chi connectivity index (χ1) is 8.35. The lowest BCUT2D eigenvalue weighted by Crippen LogP contribution is -2.20. The smallest absolute Gasteiger partial charge is 0.338 e. The molecule has 0 bridgehead atoms. The third-order valence-corrected chi connectivity index (χ3v) is 2.68. The fraction of sp³-hybridized carbons (Fsp3) is 0.250. The number of anilines is 1. The molecule has 6 heteroatoms. The van der Waals surface area contributed by atoms with Crippen LogP contribution in [0, 0.1) is 6.92 Å². The lowest BCUT2D eigenvalue weighted by atomic mass is 10.1. The molecular formula is C12H11ClF2N2O. The molecule has 2 rings (SSSR count). The number of benzene rings is 1. The Morgan fingerprint density at radius 1 is 1.39 bits per heavy atom. The van der Waals surface area contributed by atoms with Gasteiger partial charge in [-0.05, 0) is 42.3 Å². The molecule has 0 aliphatic rings. The highest BCUT2D eigenvalue weighted by Gasteiger charge is 2.23. The molecule has 0 spiro atoms. The number of aryl methyl sites for hydroxylation is 1. The van der Waals surface area contributed by atoms with Gasteiger partial charge in [0, 0.05) is 22.7 Å². The van der Waals surface area contributed by atoms with Crippen molar-refractivity contribution in [2.75, 3.05) is 11.9 Å². The van der Waals surface area contributed by atoms with Crippen LogP contribution >= 0.6 is 11.6 Å². The molecular weight excluding hydrogens is 262 g/mol. The van der Waals surface area contributed by atoms with E-state index in [-0.39, 0.29) is 5.56 Å². The van der Waals surface area contributed by atoms with E-state index >= 15 is 0 Å². The zero-order valence-corrected chi connectivity index (χ0v) is 10.3. The zero-order chi connectivity index (χ0) is 13.3. The Morgan fingerprint density at radius 2 is 2.11 bits per heavy atom. The van der Waals surface area contributed by atoms with E-state index < -0.39 is 11.9 Å². The molecule has 18 heavy (non-hydrogen) atoms. The fourth-order valence-corrected chi connectivity index (χ4v) is 1.80. The number of hydrogen-bond donors (Lipinski definition) is 2. The Labute approximate surface area is 107 Å². The van der Waals surface area contributed by atoms with Crippen molar-refractivity contribution < 1.29 is 8.78 Å². The van der Waals surface area contributed by atoms with Crippen LogP contribution in [0.25, 0.3) is 10.9 Å². The molecule has 0 aliphatic carbocycles. The maximum absolute atomic E-state index is 12.5. The Kier molecular flexibility index (Phi) is 3.26. The van der Waals surface area contributed by atoms with E-state index in [2.05, 4.69) is 10.3 Å². The lowest BCUT2D eigenvalue weighted by Gasteiger charge is -2.11. The van der Waals surface area contributed by atoms with Crippen molar-refractivity contribution in [2.24, 2.45) is 0 Å². The number of aromatic nitrogens is 1. The number of nitrogens with one attached hydrogen (secondary N) is 2. The molecule has 2 N–H and O–H groups in total. The summed E-state index contributed by atoms with van der Waals surface area (Å²) in [6.07, 6.45) is 0. The number of alkyl halides is 3. The first-order valence-electron chi connectivity index (χ1n) is 5.29. The number of pyridine rings is 1. The minimum Gasteiger partial charge on any atom is -0.378 e. The van der Waals surface area contributed by atoms with Crippen LogP contribution in [-0.2, 0) is 0 Å². The van der Waals surface area contributed by atoms with E-state index in [0.29, 0.717) is 11.2 Å². The van der Waals surface area contributed by atoms with Gasteiger partial charge in [-0.15, -0.1) is 0 Å². The number of rotatable bonds is 3. The molecule has 0 atom stereocenters. The molecule has 0 unspecified atom stereocenters. The molecule has 0 saturated heterocycles. The molecule has 1 aromatic heterocycles. The van der Waals surface area contributed by atoms with Gasteiger partial charge in [0.2, 0.25) is 5.56 Å². The molecule has 0 amide bonds. The molecule has 0 aliphatic heterocycles. The van der Waals surface area contributed by atoms with Gasteiger partial charge in [0.15, 0.2) is 0 Å². The number of H-pyrrole nitrogens is 1. The van der Waals surface area contributed by atoms with Crippen molar-refractivity contribution in [3.05, 3.63) is 40.2 Å². The molecule has 3 nitrogen and oxygen atoms in total. The standard InChI is InChI=1S/C12H11ClF2N2O/c1-7-4-11(18)17-10-3-2-8(5-9(7)10)16-6-12(13,14)15/h2-5,16H,6H2,1H3,(H,17,18). The van der Waals surface area contributed by atoms with E-state index in [4.69, 9.17) is 11.6 Å². The molecule has 0 saturated carbocycles. The van der Waals surface area contributed by atoms with Crippen LogP contribution in [0.15, 0.2) is 29.1 Å². The second kappa shape index (κ2) is 4.57. The Balaban J connectivity index is 2.36. The number of hydrogen-bond acceptors (Lipinski definition) is 2. The molecule has 1 heterocycles. The molecule has 1 aromatic carbocycles. The summed E-state index contributed by atoms with van der Waals surface area (Å²) in [6.45, 7) is 1.14. The summed E-state index contributed by atoms with van der Waals surface area (Å²) < 4.78 is 25.0. The van der Waals surface area contributed by atoms with E-state index in [1.807, 2.05) is 0 Å². The highest BCUT2D eigenvalue weighted by molar-refractivity contribution is 6.22. The highest BCUT2D eigenvalue weighted by Crippen LogP contribution is 2.22. The van der Waals surface area contributed by atoms with Crippen molar-refractivity contribution in [2.45, 2.75) is 12.3 Å². The maximum atomic E-state index is 12.5. The van der Waals surface area contributed by atoms with Gasteiger partial charge in [-0.1, -0.05) is 0 Å². The number of aromatic amines is 1. The van der Waals surface area contributed by atoms with Gasteiger partial charge in [-0.25, -0.2) is 0 Å². The van der Waals surface area contributed by atoms with Gasteiger partial charge in [0.25, 0.3) is 0 Å². The van der Waals surface area contributed by atoms with E-state index in [9.17, 15) is 13.6 Å². The summed E-state index contributed by atoms with van der Waals surface area (Å²) in [5, 5.41) is 0.0651. The predicted molar refractivity (Wildman–Crippen MR) is 68.6 cm³/mol. The normalized spacial score (nSPS) is 11.8. The minimum absolute atomic E-state index is 0.187. The summed E-state index contributed by atoms with van der Waals surface area (Å²) >= 11 is 4.81. The van der Waals surface area contributed by atoms with Crippen LogP contribution in [0.5, 0.6) is 0 Å². The summed E-state index contributed by atoms with van der Waals surface area (Å²) in [5.74, 6) is 0. The maximum Gasteiger partial charge on any atom is 0.338 e. The molecule has 0 radical (unpaired) electrons. The van der Waals surface area contributed by atoms with Crippen molar-refractivity contribution in [1.82, 2.24) is 4.98 Å². The SMILES string of the molecule is Cc1cc(=O)[nH]c2ccc(NCC(F)(F)Cl)cc12. The van der Waals surface area contributed by atoms with Crippen molar-refractivity contribution >= 4 is 28.2 Å². The second-order valence-corrected chi connectivity index (χ2v) is 4.60. The second-order valence-electron chi connectivity index (χ2n) is 4.05. The number of fused-ring (bicyclic) bond motifs is 1. The molecule has 96 valence electrons. The van der Waals surface area contributed by atoms with Gasteiger partial charge >= 0.3 is 5.38 Å². The molecule has 2 aromatic rings. The van der Waals surface area contributed by atoms with Gasteiger partial charge in [0.1, 0.15) is 0 Å². The van der Waals surface area contributed by atoms with Crippen molar-refractivity contribution in [3.63, 3.8) is 0 Å². The largest absolute Gasteiger partial charge is 0.378 e. The van der Waals surface area contributed by atoms with E-state index in [0.717, 1.165) is 10.9 Å². The van der Waals surface area contributed by atoms with Crippen LogP contribution < -0.4 is 10.9 Å². The number of halogens is 3. The fourth-order valence-electron chi connectivity index (χ4n) is 1.73. The topological polar surface area (TPSA) is 44.9 Å². The van der Waals surface area contributed by atoms with E-state index in [1.54, 1.807) is 25.1 Å². The van der Waals surface area contributed by atoms with E-state index in [1.165, 1.54) is 6.07 Å². The quantitative estimate of drug-likeness (QED) is 0.844.